The van der Waals surface area contributed by atoms with Gasteiger partial charge in [0.15, 0.2) is 11.6 Å². The number of phenolic OH excluding ortho intramolecular Hbond substituents is 1. The van der Waals surface area contributed by atoms with Gasteiger partial charge < -0.3 is 15.6 Å². The van der Waals surface area contributed by atoms with E-state index in [4.69, 9.17) is 5.73 Å². The van der Waals surface area contributed by atoms with Crippen molar-refractivity contribution in [3.8, 4) is 5.75 Å². The Hall–Kier alpha value is -0.990. The highest BCUT2D eigenvalue weighted by atomic mass is 79.9. The molecule has 1 atom stereocenters. The predicted molar refractivity (Wildman–Crippen MR) is 71.5 cm³/mol. The quantitative estimate of drug-likeness (QED) is 0.790. The third kappa shape index (κ3) is 3.77. The number of ether oxygens (including phenoxy) is 1. The highest BCUT2D eigenvalue weighted by Crippen LogP contribution is 2.37. The number of halogens is 5. The number of esters is 1. The van der Waals surface area contributed by atoms with Crippen molar-refractivity contribution in [3.63, 3.8) is 0 Å². The number of carbonyl (C=O) groups is 1. The first-order chi connectivity index (χ1) is 8.71. The van der Waals surface area contributed by atoms with E-state index in [1.807, 2.05) is 0 Å². The Kier molecular flexibility index (Phi) is 6.79. The topological polar surface area (TPSA) is 72.5 Å². The summed E-state index contributed by atoms with van der Waals surface area (Å²) in [5, 5.41) is 9.41. The largest absolute Gasteiger partial charge is 0.505 e. The number of benzene rings is 1. The van der Waals surface area contributed by atoms with E-state index in [0.29, 0.717) is 0 Å². The molecular weight excluding hydrogens is 366 g/mol. The molecule has 114 valence electrons. The van der Waals surface area contributed by atoms with Gasteiger partial charge in [-0.2, -0.15) is 8.78 Å². The van der Waals surface area contributed by atoms with E-state index >= 15 is 0 Å². The molecule has 1 aromatic carbocycles. The molecule has 0 aliphatic carbocycles. The van der Waals surface area contributed by atoms with Crippen LogP contribution in [0.25, 0.3) is 0 Å². The minimum atomic E-state index is -4.08. The zero-order valence-corrected chi connectivity index (χ0v) is 12.6. The number of hydrogen-bond acceptors (Lipinski definition) is 4. The standard InChI is InChI=1S/C11H11BrF3NO3.ClH/c1-2-19-10(18)11(14,15)9(16)6-3-5(12)4-7(13)8(6)17;/h3-4,9,17H,2,16H2,1H3;1H/t9-;/m1./s1. The molecule has 1 aromatic rings. The summed E-state index contributed by atoms with van der Waals surface area (Å²) in [5.41, 5.74) is 4.65. The fourth-order valence-electron chi connectivity index (χ4n) is 1.37. The van der Waals surface area contributed by atoms with Crippen molar-refractivity contribution in [3.05, 3.63) is 28.0 Å². The smallest absolute Gasteiger partial charge is 0.379 e. The molecule has 4 nitrogen and oxygen atoms in total. The van der Waals surface area contributed by atoms with Crippen LogP contribution in [0.1, 0.15) is 18.5 Å². The van der Waals surface area contributed by atoms with E-state index in [1.165, 1.54) is 6.92 Å². The highest BCUT2D eigenvalue weighted by Gasteiger charge is 2.49. The lowest BCUT2D eigenvalue weighted by molar-refractivity contribution is -0.174. The van der Waals surface area contributed by atoms with Crippen molar-refractivity contribution in [2.24, 2.45) is 5.73 Å². The number of rotatable bonds is 4. The normalized spacial score (nSPS) is 12.5. The number of phenols is 1. The molecule has 20 heavy (non-hydrogen) atoms. The first-order valence-electron chi connectivity index (χ1n) is 5.20. The molecule has 0 heterocycles. The van der Waals surface area contributed by atoms with Crippen LogP contribution in [-0.2, 0) is 9.53 Å². The van der Waals surface area contributed by atoms with Gasteiger partial charge in [0.2, 0.25) is 0 Å². The summed E-state index contributed by atoms with van der Waals surface area (Å²) >= 11 is 2.88. The number of hydrogen-bond donors (Lipinski definition) is 2. The van der Waals surface area contributed by atoms with E-state index in [9.17, 15) is 23.1 Å². The molecule has 0 fully saturated rings. The maximum absolute atomic E-state index is 13.7. The molecule has 3 N–H and O–H groups in total. The van der Waals surface area contributed by atoms with Crippen LogP contribution in [0.5, 0.6) is 5.75 Å². The number of nitrogens with two attached hydrogens (primary N) is 1. The van der Waals surface area contributed by atoms with Gasteiger partial charge in [-0.05, 0) is 19.1 Å². The second kappa shape index (κ2) is 7.14. The third-order valence-electron chi connectivity index (χ3n) is 2.33. The van der Waals surface area contributed by atoms with Crippen LogP contribution in [-0.4, -0.2) is 23.6 Å². The Labute approximate surface area is 127 Å². The van der Waals surface area contributed by atoms with Crippen molar-refractivity contribution in [2.45, 2.75) is 18.9 Å². The van der Waals surface area contributed by atoms with E-state index in [-0.39, 0.29) is 23.5 Å². The number of aromatic hydroxyl groups is 1. The fraction of sp³-hybridized carbons (Fsp3) is 0.364. The third-order valence-corrected chi connectivity index (χ3v) is 2.79. The van der Waals surface area contributed by atoms with Gasteiger partial charge in [-0.15, -0.1) is 12.4 Å². The van der Waals surface area contributed by atoms with Crippen LogP contribution in [0.2, 0.25) is 0 Å². The van der Waals surface area contributed by atoms with Gasteiger partial charge in [0.25, 0.3) is 0 Å². The van der Waals surface area contributed by atoms with Gasteiger partial charge in [-0.3, -0.25) is 0 Å². The summed E-state index contributed by atoms with van der Waals surface area (Å²) in [4.78, 5) is 11.1. The Morgan fingerprint density at radius 2 is 2.10 bits per heavy atom. The Morgan fingerprint density at radius 3 is 2.60 bits per heavy atom. The fourth-order valence-corrected chi connectivity index (χ4v) is 1.82. The predicted octanol–water partition coefficient (Wildman–Crippen LogP) is 2.91. The molecule has 1 rings (SSSR count). The average Bonchev–Trinajstić information content (AvgIpc) is 2.33. The lowest BCUT2D eigenvalue weighted by Crippen LogP contribution is -2.41. The summed E-state index contributed by atoms with van der Waals surface area (Å²) in [6, 6.07) is -0.330. The monoisotopic (exact) mass is 377 g/mol. The van der Waals surface area contributed by atoms with Gasteiger partial charge in [0, 0.05) is 10.0 Å². The SMILES string of the molecule is CCOC(=O)C(F)(F)[C@H](N)c1cc(Br)cc(F)c1O.Cl. The zero-order chi connectivity index (χ0) is 14.8. The molecule has 0 saturated carbocycles. The summed E-state index contributed by atoms with van der Waals surface area (Å²) in [5.74, 6) is -8.07. The second-order valence-corrected chi connectivity index (χ2v) is 4.56. The van der Waals surface area contributed by atoms with Gasteiger partial charge in [-0.1, -0.05) is 15.9 Å². The van der Waals surface area contributed by atoms with Crippen LogP contribution in [0.15, 0.2) is 16.6 Å². The Balaban J connectivity index is 0.00000361. The molecule has 0 spiro atoms. The molecule has 0 amide bonds. The van der Waals surface area contributed by atoms with Crippen LogP contribution in [0.4, 0.5) is 13.2 Å². The minimum Gasteiger partial charge on any atom is -0.505 e. The summed E-state index contributed by atoms with van der Waals surface area (Å²) in [7, 11) is 0. The van der Waals surface area contributed by atoms with Crippen molar-refractivity contribution >= 4 is 34.3 Å². The summed E-state index contributed by atoms with van der Waals surface area (Å²) in [6.45, 7) is 1.11. The number of carbonyl (C=O) groups excluding carboxylic acids is 1. The Bertz CT molecular complexity index is 502. The first kappa shape index (κ1) is 19.0. The van der Waals surface area contributed by atoms with Crippen molar-refractivity contribution in [1.29, 1.82) is 0 Å². The van der Waals surface area contributed by atoms with Gasteiger partial charge in [-0.25, -0.2) is 9.18 Å². The van der Waals surface area contributed by atoms with E-state index in [0.717, 1.165) is 12.1 Å². The molecule has 0 unspecified atom stereocenters. The zero-order valence-electron chi connectivity index (χ0n) is 10.2. The van der Waals surface area contributed by atoms with Gasteiger partial charge >= 0.3 is 11.9 Å². The molecule has 0 aromatic heterocycles. The molecule has 0 saturated heterocycles. The Morgan fingerprint density at radius 1 is 1.55 bits per heavy atom. The maximum Gasteiger partial charge on any atom is 0.379 e. The molecule has 0 aliphatic heterocycles. The van der Waals surface area contributed by atoms with Crippen LogP contribution >= 0.6 is 28.3 Å². The second-order valence-electron chi connectivity index (χ2n) is 3.65. The lowest BCUT2D eigenvalue weighted by Gasteiger charge is -2.22. The van der Waals surface area contributed by atoms with E-state index < -0.39 is 35.1 Å². The van der Waals surface area contributed by atoms with E-state index in [1.54, 1.807) is 0 Å². The first-order valence-corrected chi connectivity index (χ1v) is 5.99. The van der Waals surface area contributed by atoms with Crippen molar-refractivity contribution in [1.82, 2.24) is 0 Å². The molecule has 0 aliphatic rings. The average molecular weight is 379 g/mol. The molecule has 0 bridgehead atoms. The molecule has 9 heteroatoms. The summed E-state index contributed by atoms with van der Waals surface area (Å²) in [6.07, 6.45) is 0. The van der Waals surface area contributed by atoms with Crippen molar-refractivity contribution < 1.29 is 27.8 Å². The highest BCUT2D eigenvalue weighted by molar-refractivity contribution is 9.10. The lowest BCUT2D eigenvalue weighted by atomic mass is 10.00. The van der Waals surface area contributed by atoms with Crippen LogP contribution in [0, 0.1) is 5.82 Å². The van der Waals surface area contributed by atoms with Crippen LogP contribution < -0.4 is 5.73 Å². The van der Waals surface area contributed by atoms with Crippen LogP contribution in [0.3, 0.4) is 0 Å². The van der Waals surface area contributed by atoms with Gasteiger partial charge in [0.05, 0.1) is 6.61 Å². The maximum atomic E-state index is 13.7. The van der Waals surface area contributed by atoms with Crippen molar-refractivity contribution in [2.75, 3.05) is 6.61 Å². The van der Waals surface area contributed by atoms with Gasteiger partial charge in [0.1, 0.15) is 6.04 Å². The molecule has 0 radical (unpaired) electrons. The summed E-state index contributed by atoms with van der Waals surface area (Å²) < 4.78 is 44.9. The molecular formula is C11H12BrClF3NO3. The number of alkyl halides is 2. The van der Waals surface area contributed by atoms with E-state index in [2.05, 4.69) is 20.7 Å². The minimum absolute atomic E-state index is 0.